The average Bonchev–Trinajstić information content (AvgIpc) is 2.49. The molecule has 6 heteroatoms. The fourth-order valence-electron chi connectivity index (χ4n) is 0.883. The van der Waals surface area contributed by atoms with Gasteiger partial charge in [-0.3, -0.25) is 0 Å². The standard InChI is InChI=1S/C7H12N5S/c1-11(2)4-5-12-7(3-6-13)8-9-10-12/h3-5H2,1-2H3. The molecule has 13 heavy (non-hydrogen) atoms. The molecule has 0 fully saturated rings. The van der Waals surface area contributed by atoms with Crippen LogP contribution >= 0.6 is 12.2 Å². The van der Waals surface area contributed by atoms with Crippen molar-refractivity contribution in [2.75, 3.05) is 20.6 Å². The molecule has 1 aromatic heterocycles. The summed E-state index contributed by atoms with van der Waals surface area (Å²) in [6.07, 6.45) is 0.524. The zero-order chi connectivity index (χ0) is 9.68. The van der Waals surface area contributed by atoms with Crippen LogP contribution in [0.2, 0.25) is 0 Å². The molecule has 5 nitrogen and oxygen atoms in total. The predicted molar refractivity (Wildman–Crippen MR) is 52.7 cm³/mol. The maximum atomic E-state index is 4.63. The lowest BCUT2D eigenvalue weighted by molar-refractivity contribution is 0.367. The Morgan fingerprint density at radius 1 is 1.54 bits per heavy atom. The number of nitrogens with zero attached hydrogens (tertiary/aromatic N) is 5. The molecule has 0 aliphatic rings. The van der Waals surface area contributed by atoms with E-state index in [1.54, 1.807) is 4.68 Å². The molecule has 0 spiro atoms. The molecule has 0 saturated carbocycles. The van der Waals surface area contributed by atoms with Crippen molar-refractivity contribution in [1.82, 2.24) is 25.1 Å². The van der Waals surface area contributed by atoms with E-state index < -0.39 is 0 Å². The quantitative estimate of drug-likeness (QED) is 0.605. The summed E-state index contributed by atoms with van der Waals surface area (Å²) in [6.45, 7) is 1.70. The summed E-state index contributed by atoms with van der Waals surface area (Å²) < 4.78 is 1.75. The van der Waals surface area contributed by atoms with Gasteiger partial charge in [0.05, 0.1) is 6.54 Å². The Morgan fingerprint density at radius 2 is 2.31 bits per heavy atom. The molecule has 0 amide bonds. The van der Waals surface area contributed by atoms with Gasteiger partial charge in [-0.1, -0.05) is 12.2 Å². The molecular weight excluding hydrogens is 186 g/mol. The van der Waals surface area contributed by atoms with Gasteiger partial charge in [-0.25, -0.2) is 4.68 Å². The SMILES string of the molecule is CN(C)CCn1nnnc1C[C]=S. The highest BCUT2D eigenvalue weighted by atomic mass is 32.1. The first-order valence-corrected chi connectivity index (χ1v) is 4.39. The van der Waals surface area contributed by atoms with Gasteiger partial charge in [0.15, 0.2) is 5.82 Å². The minimum atomic E-state index is 0.524. The molecule has 1 aromatic rings. The third-order valence-corrected chi connectivity index (χ3v) is 1.74. The van der Waals surface area contributed by atoms with Crippen molar-refractivity contribution >= 4 is 17.6 Å². The van der Waals surface area contributed by atoms with Crippen molar-refractivity contribution in [1.29, 1.82) is 0 Å². The highest BCUT2D eigenvalue weighted by molar-refractivity contribution is 7.78. The van der Waals surface area contributed by atoms with E-state index in [1.165, 1.54) is 0 Å². The lowest BCUT2D eigenvalue weighted by Crippen LogP contribution is -2.20. The molecule has 0 unspecified atom stereocenters. The van der Waals surface area contributed by atoms with E-state index in [-0.39, 0.29) is 0 Å². The zero-order valence-corrected chi connectivity index (χ0v) is 8.58. The second-order valence-electron chi connectivity index (χ2n) is 2.94. The smallest absolute Gasteiger partial charge is 0.156 e. The molecule has 0 N–H and O–H groups in total. The van der Waals surface area contributed by atoms with E-state index in [9.17, 15) is 0 Å². The molecule has 0 atom stereocenters. The molecule has 0 bridgehead atoms. The van der Waals surface area contributed by atoms with Crippen molar-refractivity contribution in [3.05, 3.63) is 5.82 Å². The minimum absolute atomic E-state index is 0.524. The van der Waals surface area contributed by atoms with Gasteiger partial charge in [0.2, 0.25) is 0 Å². The third kappa shape index (κ3) is 3.16. The number of tetrazole rings is 1. The fraction of sp³-hybridized carbons (Fsp3) is 0.714. The van der Waals surface area contributed by atoms with Crippen LogP contribution in [0.25, 0.3) is 0 Å². The van der Waals surface area contributed by atoms with Gasteiger partial charge in [-0.05, 0) is 24.5 Å². The van der Waals surface area contributed by atoms with Gasteiger partial charge in [0.25, 0.3) is 0 Å². The van der Waals surface area contributed by atoms with Crippen molar-refractivity contribution < 1.29 is 0 Å². The first kappa shape index (κ1) is 10.2. The number of hydrogen-bond donors (Lipinski definition) is 0. The Balaban J connectivity index is 2.54. The van der Waals surface area contributed by atoms with E-state index in [4.69, 9.17) is 0 Å². The summed E-state index contributed by atoms with van der Waals surface area (Å²) in [7, 11) is 4.02. The Bertz CT molecular complexity index is 270. The zero-order valence-electron chi connectivity index (χ0n) is 7.77. The Morgan fingerprint density at radius 3 is 2.92 bits per heavy atom. The van der Waals surface area contributed by atoms with E-state index in [2.05, 4.69) is 38.0 Å². The van der Waals surface area contributed by atoms with Crippen molar-refractivity contribution in [2.24, 2.45) is 0 Å². The average molecular weight is 198 g/mol. The van der Waals surface area contributed by atoms with Crippen LogP contribution < -0.4 is 0 Å². The summed E-state index contributed by atoms with van der Waals surface area (Å²) in [6, 6.07) is 0. The number of thiocarbonyl (C=S) groups is 1. The van der Waals surface area contributed by atoms with Crippen LogP contribution in [0.15, 0.2) is 0 Å². The van der Waals surface area contributed by atoms with E-state index >= 15 is 0 Å². The van der Waals surface area contributed by atoms with Gasteiger partial charge >= 0.3 is 0 Å². The molecule has 1 heterocycles. The minimum Gasteiger partial charge on any atom is -0.308 e. The Hall–Kier alpha value is -0.880. The van der Waals surface area contributed by atoms with Crippen LogP contribution in [0.3, 0.4) is 0 Å². The highest BCUT2D eigenvalue weighted by Gasteiger charge is 2.03. The second kappa shape index (κ2) is 4.98. The molecular formula is C7H12N5S. The third-order valence-electron chi connectivity index (χ3n) is 1.60. The largest absolute Gasteiger partial charge is 0.308 e. The van der Waals surface area contributed by atoms with E-state index in [0.29, 0.717) is 6.42 Å². The molecule has 0 aromatic carbocycles. The molecule has 0 aliphatic heterocycles. The Labute approximate surface area is 82.7 Å². The summed E-state index contributed by atoms with van der Waals surface area (Å²) in [5, 5.41) is 13.9. The monoisotopic (exact) mass is 198 g/mol. The summed E-state index contributed by atoms with van der Waals surface area (Å²) in [4.78, 5) is 2.08. The highest BCUT2D eigenvalue weighted by Crippen LogP contribution is 1.92. The van der Waals surface area contributed by atoms with Gasteiger partial charge in [0, 0.05) is 18.3 Å². The molecule has 0 saturated heterocycles. The van der Waals surface area contributed by atoms with Gasteiger partial charge < -0.3 is 4.90 Å². The lowest BCUT2D eigenvalue weighted by atomic mass is 10.4. The lowest BCUT2D eigenvalue weighted by Gasteiger charge is -2.08. The molecule has 1 radical (unpaired) electrons. The molecule has 71 valence electrons. The summed E-state index contributed by atoms with van der Waals surface area (Å²) in [5.41, 5.74) is 0. The number of rotatable bonds is 5. The van der Waals surface area contributed by atoms with E-state index in [0.717, 1.165) is 18.9 Å². The number of likely N-dealkylation sites (N-methyl/N-ethyl adjacent to an activating group) is 1. The van der Waals surface area contributed by atoms with Crippen molar-refractivity contribution in [3.63, 3.8) is 0 Å². The number of aromatic nitrogens is 4. The maximum Gasteiger partial charge on any atom is 0.156 e. The fourth-order valence-corrected chi connectivity index (χ4v) is 1.01. The van der Waals surface area contributed by atoms with Gasteiger partial charge in [-0.2, -0.15) is 0 Å². The van der Waals surface area contributed by atoms with Crippen LogP contribution in [0.5, 0.6) is 0 Å². The van der Waals surface area contributed by atoms with Crippen LogP contribution in [0, 0.1) is 0 Å². The molecule has 0 aliphatic carbocycles. The van der Waals surface area contributed by atoms with Crippen LogP contribution in [-0.4, -0.2) is 51.1 Å². The summed E-state index contributed by atoms with van der Waals surface area (Å²) in [5.74, 6) is 0.775. The first-order valence-electron chi connectivity index (χ1n) is 3.99. The van der Waals surface area contributed by atoms with Crippen LogP contribution in [0.4, 0.5) is 0 Å². The number of hydrogen-bond acceptors (Lipinski definition) is 5. The van der Waals surface area contributed by atoms with Gasteiger partial charge in [0.1, 0.15) is 0 Å². The predicted octanol–water partition coefficient (Wildman–Crippen LogP) is -0.346. The summed E-state index contributed by atoms with van der Waals surface area (Å²) >= 11 is 4.63. The molecule has 1 rings (SSSR count). The normalized spacial score (nSPS) is 10.7. The van der Waals surface area contributed by atoms with Gasteiger partial charge in [-0.15, -0.1) is 5.10 Å². The Kier molecular flexibility index (Phi) is 3.91. The van der Waals surface area contributed by atoms with Crippen molar-refractivity contribution in [3.8, 4) is 0 Å². The maximum absolute atomic E-state index is 4.63. The van der Waals surface area contributed by atoms with Crippen LogP contribution in [-0.2, 0) is 13.0 Å². The van der Waals surface area contributed by atoms with Crippen molar-refractivity contribution in [2.45, 2.75) is 13.0 Å². The van der Waals surface area contributed by atoms with Crippen LogP contribution in [0.1, 0.15) is 5.82 Å². The topological polar surface area (TPSA) is 46.8 Å². The first-order chi connectivity index (χ1) is 6.24. The van der Waals surface area contributed by atoms with E-state index in [1.807, 2.05) is 14.1 Å². The second-order valence-corrected chi connectivity index (χ2v) is 3.23.